The first kappa shape index (κ1) is 12.1. The van der Waals surface area contributed by atoms with Gasteiger partial charge in [-0.25, -0.2) is 4.68 Å². The number of aryl methyl sites for hydroxylation is 4. The summed E-state index contributed by atoms with van der Waals surface area (Å²) in [5.41, 5.74) is 2.82. The molecule has 0 amide bonds. The Morgan fingerprint density at radius 3 is 2.50 bits per heavy atom. The molecule has 0 spiro atoms. The molecule has 0 saturated heterocycles. The summed E-state index contributed by atoms with van der Waals surface area (Å²) in [5, 5.41) is 13.4. The lowest BCUT2D eigenvalue weighted by Crippen LogP contribution is -1.99. The van der Waals surface area contributed by atoms with E-state index in [1.807, 2.05) is 19.9 Å². The topological polar surface area (TPSA) is 63.7 Å². The van der Waals surface area contributed by atoms with Crippen LogP contribution in [0.25, 0.3) is 0 Å². The number of hydrogen-bond acceptors (Lipinski definition) is 4. The van der Waals surface area contributed by atoms with Crippen LogP contribution in [-0.4, -0.2) is 14.8 Å². The maximum Gasteiger partial charge on any atom is 0.217 e. The maximum atomic E-state index is 9.15. The van der Waals surface area contributed by atoms with E-state index in [9.17, 15) is 0 Å². The molecular weight excluding hydrogens is 228 g/mol. The zero-order chi connectivity index (χ0) is 13.3. The predicted octanol–water partition coefficient (Wildman–Crippen LogP) is 2.40. The quantitative estimate of drug-likeness (QED) is 0.811. The minimum Gasteiger partial charge on any atom is -0.438 e. The fraction of sp³-hybridized carbons (Fsp3) is 0.308. The molecule has 0 aromatic carbocycles. The Morgan fingerprint density at radius 1 is 1.22 bits per heavy atom. The number of nitriles is 1. The van der Waals surface area contributed by atoms with Crippen molar-refractivity contribution in [2.45, 2.75) is 20.8 Å². The van der Waals surface area contributed by atoms with Gasteiger partial charge in [0.05, 0.1) is 11.4 Å². The van der Waals surface area contributed by atoms with Crippen molar-refractivity contribution in [3.63, 3.8) is 0 Å². The van der Waals surface area contributed by atoms with Gasteiger partial charge in [0, 0.05) is 24.9 Å². The Balaban J connectivity index is 2.46. The van der Waals surface area contributed by atoms with Gasteiger partial charge >= 0.3 is 0 Å². The first-order valence-corrected chi connectivity index (χ1v) is 5.58. The van der Waals surface area contributed by atoms with Gasteiger partial charge in [0.1, 0.15) is 11.6 Å². The molecule has 2 heterocycles. The third-order valence-corrected chi connectivity index (χ3v) is 2.58. The lowest BCUT2D eigenvalue weighted by Gasteiger charge is -2.09. The van der Waals surface area contributed by atoms with Crippen LogP contribution in [0.5, 0.6) is 11.6 Å². The third-order valence-electron chi connectivity index (χ3n) is 2.58. The van der Waals surface area contributed by atoms with Gasteiger partial charge in [-0.2, -0.15) is 10.4 Å². The highest BCUT2D eigenvalue weighted by atomic mass is 16.5. The minimum atomic E-state index is 0.458. The summed E-state index contributed by atoms with van der Waals surface area (Å²) in [5.74, 6) is 1.12. The van der Waals surface area contributed by atoms with Crippen molar-refractivity contribution in [2.75, 3.05) is 0 Å². The highest BCUT2D eigenvalue weighted by Crippen LogP contribution is 2.27. The molecule has 0 bridgehead atoms. The van der Waals surface area contributed by atoms with E-state index in [-0.39, 0.29) is 0 Å². The molecule has 0 fully saturated rings. The van der Waals surface area contributed by atoms with E-state index in [1.165, 1.54) is 0 Å². The molecule has 0 radical (unpaired) electrons. The first-order chi connectivity index (χ1) is 8.51. The van der Waals surface area contributed by atoms with Crippen molar-refractivity contribution in [3.8, 4) is 17.7 Å². The summed E-state index contributed by atoms with van der Waals surface area (Å²) in [6.45, 7) is 5.56. The smallest absolute Gasteiger partial charge is 0.217 e. The van der Waals surface area contributed by atoms with Gasteiger partial charge in [0.25, 0.3) is 0 Å². The van der Waals surface area contributed by atoms with Gasteiger partial charge in [-0.15, -0.1) is 0 Å². The highest BCUT2D eigenvalue weighted by molar-refractivity contribution is 5.48. The molecule has 0 atom stereocenters. The third kappa shape index (κ3) is 2.18. The average Bonchev–Trinajstić information content (AvgIpc) is 2.57. The molecule has 0 saturated carbocycles. The molecule has 0 aliphatic heterocycles. The summed E-state index contributed by atoms with van der Waals surface area (Å²) >= 11 is 0. The van der Waals surface area contributed by atoms with E-state index < -0.39 is 0 Å². The average molecular weight is 242 g/mol. The summed E-state index contributed by atoms with van der Waals surface area (Å²) in [4.78, 5) is 4.25. The van der Waals surface area contributed by atoms with Crippen molar-refractivity contribution in [1.82, 2.24) is 14.8 Å². The van der Waals surface area contributed by atoms with Gasteiger partial charge in [0.15, 0.2) is 5.75 Å². The summed E-state index contributed by atoms with van der Waals surface area (Å²) in [6, 6.07) is 5.70. The van der Waals surface area contributed by atoms with Crippen molar-refractivity contribution in [3.05, 3.63) is 34.8 Å². The number of pyridine rings is 1. The van der Waals surface area contributed by atoms with Gasteiger partial charge in [0.2, 0.25) is 5.88 Å². The van der Waals surface area contributed by atoms with Gasteiger partial charge in [-0.1, -0.05) is 0 Å². The molecule has 18 heavy (non-hydrogen) atoms. The number of ether oxygens (including phenoxy) is 1. The molecule has 0 aliphatic rings. The summed E-state index contributed by atoms with van der Waals surface area (Å²) in [7, 11) is 1.80. The maximum absolute atomic E-state index is 9.15. The molecule has 0 unspecified atom stereocenters. The normalized spacial score (nSPS) is 10.2. The Hall–Kier alpha value is -2.35. The molecule has 92 valence electrons. The lowest BCUT2D eigenvalue weighted by atomic mass is 10.2. The number of nitrogens with zero attached hydrogens (tertiary/aromatic N) is 4. The molecular formula is C13H14N4O. The Bertz CT molecular complexity index is 637. The Labute approximate surface area is 106 Å². The number of aromatic nitrogens is 3. The molecule has 2 rings (SSSR count). The fourth-order valence-electron chi connectivity index (χ4n) is 1.80. The van der Waals surface area contributed by atoms with Gasteiger partial charge in [-0.3, -0.25) is 4.98 Å². The van der Waals surface area contributed by atoms with E-state index in [1.54, 1.807) is 24.7 Å². The molecule has 2 aromatic heterocycles. The molecule has 0 aliphatic carbocycles. The van der Waals surface area contributed by atoms with E-state index >= 15 is 0 Å². The molecule has 0 N–H and O–H groups in total. The largest absolute Gasteiger partial charge is 0.438 e. The van der Waals surface area contributed by atoms with Crippen LogP contribution in [-0.2, 0) is 7.05 Å². The van der Waals surface area contributed by atoms with E-state index in [0.29, 0.717) is 22.9 Å². The van der Waals surface area contributed by atoms with E-state index in [4.69, 9.17) is 10.00 Å². The van der Waals surface area contributed by atoms with Crippen LogP contribution in [0.1, 0.15) is 22.6 Å². The Kier molecular flexibility index (Phi) is 3.02. The first-order valence-electron chi connectivity index (χ1n) is 5.58. The fourth-order valence-corrected chi connectivity index (χ4v) is 1.80. The van der Waals surface area contributed by atoms with Crippen LogP contribution in [0.3, 0.4) is 0 Å². The van der Waals surface area contributed by atoms with Crippen LogP contribution < -0.4 is 4.74 Å². The summed E-state index contributed by atoms with van der Waals surface area (Å²) < 4.78 is 7.39. The van der Waals surface area contributed by atoms with Gasteiger partial charge in [-0.05, 0) is 20.8 Å². The minimum absolute atomic E-state index is 0.458. The van der Waals surface area contributed by atoms with Crippen LogP contribution in [0.15, 0.2) is 12.1 Å². The van der Waals surface area contributed by atoms with Crippen LogP contribution in [0.2, 0.25) is 0 Å². The second-order valence-electron chi connectivity index (χ2n) is 4.18. The Morgan fingerprint density at radius 2 is 1.94 bits per heavy atom. The van der Waals surface area contributed by atoms with Gasteiger partial charge < -0.3 is 4.74 Å². The SMILES string of the molecule is Cc1cc(Oc2cc(C)nn2C)c(C#N)c(C)n1. The van der Waals surface area contributed by atoms with Crippen LogP contribution >= 0.6 is 0 Å². The monoisotopic (exact) mass is 242 g/mol. The van der Waals surface area contributed by atoms with Crippen LogP contribution in [0.4, 0.5) is 0 Å². The highest BCUT2D eigenvalue weighted by Gasteiger charge is 2.12. The second kappa shape index (κ2) is 4.49. The zero-order valence-corrected chi connectivity index (χ0v) is 10.9. The van der Waals surface area contributed by atoms with E-state index in [0.717, 1.165) is 11.4 Å². The lowest BCUT2D eigenvalue weighted by molar-refractivity contribution is 0.428. The number of hydrogen-bond donors (Lipinski definition) is 0. The second-order valence-corrected chi connectivity index (χ2v) is 4.18. The zero-order valence-electron chi connectivity index (χ0n) is 10.9. The standard InChI is InChI=1S/C13H14N4O/c1-8-5-12(11(7-14)10(3)15-8)18-13-6-9(2)16-17(13)4/h5-6H,1-4H3. The van der Waals surface area contributed by atoms with Crippen molar-refractivity contribution >= 4 is 0 Å². The van der Waals surface area contributed by atoms with E-state index in [2.05, 4.69) is 16.2 Å². The van der Waals surface area contributed by atoms with Crippen molar-refractivity contribution in [1.29, 1.82) is 5.26 Å². The van der Waals surface area contributed by atoms with Crippen LogP contribution in [0, 0.1) is 32.1 Å². The van der Waals surface area contributed by atoms with Crippen molar-refractivity contribution in [2.24, 2.45) is 7.05 Å². The molecule has 2 aromatic rings. The summed E-state index contributed by atoms with van der Waals surface area (Å²) in [6.07, 6.45) is 0. The molecule has 5 nitrogen and oxygen atoms in total. The van der Waals surface area contributed by atoms with Crippen molar-refractivity contribution < 1.29 is 4.74 Å². The number of rotatable bonds is 2. The molecule has 5 heteroatoms. The predicted molar refractivity (Wildman–Crippen MR) is 66.4 cm³/mol.